The van der Waals surface area contributed by atoms with E-state index in [2.05, 4.69) is 10.3 Å². The molecule has 0 saturated carbocycles. The summed E-state index contributed by atoms with van der Waals surface area (Å²) in [5.41, 5.74) is 1.95. The fraction of sp³-hybridized carbons (Fsp3) is 0.200. The highest BCUT2D eigenvalue weighted by Gasteiger charge is 2.30. The van der Waals surface area contributed by atoms with Crippen LogP contribution >= 0.6 is 11.6 Å². The van der Waals surface area contributed by atoms with Crippen LogP contribution in [0.1, 0.15) is 35.3 Å². The number of nitrogens with one attached hydrogen (secondary N) is 2. The molecule has 0 aliphatic heterocycles. The van der Waals surface area contributed by atoms with Gasteiger partial charge in [0.2, 0.25) is 0 Å². The first-order chi connectivity index (χ1) is 12.5. The van der Waals surface area contributed by atoms with Crippen molar-refractivity contribution in [1.29, 1.82) is 0 Å². The molecule has 1 amide bonds. The first kappa shape index (κ1) is 18.0. The van der Waals surface area contributed by atoms with Gasteiger partial charge in [0.15, 0.2) is 0 Å². The smallest absolute Gasteiger partial charge is 0.326 e. The van der Waals surface area contributed by atoms with Crippen LogP contribution in [0.15, 0.2) is 54.6 Å². The second-order valence-electron chi connectivity index (χ2n) is 6.13. The van der Waals surface area contributed by atoms with Gasteiger partial charge in [-0.2, -0.15) is 0 Å². The lowest BCUT2D eigenvalue weighted by Gasteiger charge is -2.24. The number of carboxylic acid groups (broad SMARTS) is 1. The Morgan fingerprint density at radius 1 is 1.15 bits per heavy atom. The van der Waals surface area contributed by atoms with Crippen molar-refractivity contribution in [3.8, 4) is 0 Å². The van der Waals surface area contributed by atoms with Gasteiger partial charge in [-0.1, -0.05) is 48.9 Å². The van der Waals surface area contributed by atoms with E-state index >= 15 is 0 Å². The molecule has 3 N–H and O–H groups in total. The quantitative estimate of drug-likeness (QED) is 0.608. The van der Waals surface area contributed by atoms with Gasteiger partial charge in [0.25, 0.3) is 5.91 Å². The molecule has 0 spiro atoms. The number of fused-ring (bicyclic) bond motifs is 1. The van der Waals surface area contributed by atoms with E-state index in [0.717, 1.165) is 16.5 Å². The molecule has 26 heavy (non-hydrogen) atoms. The molecule has 134 valence electrons. The van der Waals surface area contributed by atoms with Crippen molar-refractivity contribution in [2.75, 3.05) is 0 Å². The van der Waals surface area contributed by atoms with Gasteiger partial charge in [0.1, 0.15) is 11.7 Å². The minimum atomic E-state index is -1.06. The second-order valence-corrected chi connectivity index (χ2v) is 6.57. The predicted molar refractivity (Wildman–Crippen MR) is 102 cm³/mol. The lowest BCUT2D eigenvalue weighted by molar-refractivity contribution is -0.139. The molecule has 1 aromatic heterocycles. The molecule has 0 aliphatic carbocycles. The Labute approximate surface area is 156 Å². The fourth-order valence-corrected chi connectivity index (χ4v) is 3.32. The summed E-state index contributed by atoms with van der Waals surface area (Å²) in [6.07, 6.45) is 0.587. The van der Waals surface area contributed by atoms with Gasteiger partial charge in [-0.15, -0.1) is 0 Å². The summed E-state index contributed by atoms with van der Waals surface area (Å²) in [6.45, 7) is 1.91. The van der Waals surface area contributed by atoms with Crippen LogP contribution in [-0.4, -0.2) is 28.0 Å². The highest BCUT2D eigenvalue weighted by molar-refractivity contribution is 6.31. The van der Waals surface area contributed by atoms with E-state index in [4.69, 9.17) is 11.6 Å². The largest absolute Gasteiger partial charge is 0.480 e. The maximum Gasteiger partial charge on any atom is 0.326 e. The van der Waals surface area contributed by atoms with Gasteiger partial charge in [0.05, 0.1) is 0 Å². The number of H-pyrrole nitrogens is 1. The van der Waals surface area contributed by atoms with E-state index in [1.165, 1.54) is 0 Å². The van der Waals surface area contributed by atoms with Crippen LogP contribution in [-0.2, 0) is 4.79 Å². The van der Waals surface area contributed by atoms with E-state index in [1.807, 2.05) is 37.3 Å². The topological polar surface area (TPSA) is 82.2 Å². The van der Waals surface area contributed by atoms with Crippen molar-refractivity contribution in [2.24, 2.45) is 0 Å². The maximum atomic E-state index is 12.6. The third-order valence-electron chi connectivity index (χ3n) is 4.45. The lowest BCUT2D eigenvalue weighted by Crippen LogP contribution is -2.45. The Morgan fingerprint density at radius 2 is 1.88 bits per heavy atom. The van der Waals surface area contributed by atoms with Crippen LogP contribution in [0.3, 0.4) is 0 Å². The molecule has 0 saturated heterocycles. The first-order valence-electron chi connectivity index (χ1n) is 8.36. The molecule has 0 bridgehead atoms. The molecule has 0 aliphatic rings. The zero-order valence-corrected chi connectivity index (χ0v) is 15.0. The van der Waals surface area contributed by atoms with Gasteiger partial charge in [-0.25, -0.2) is 4.79 Å². The van der Waals surface area contributed by atoms with Gasteiger partial charge in [-0.3, -0.25) is 4.79 Å². The number of carbonyl (C=O) groups excluding carboxylic acids is 1. The Bertz CT molecular complexity index is 937. The van der Waals surface area contributed by atoms with Gasteiger partial charge in [-0.05, 0) is 36.2 Å². The number of aromatic nitrogens is 1. The number of rotatable bonds is 6. The van der Waals surface area contributed by atoms with Crippen molar-refractivity contribution in [3.63, 3.8) is 0 Å². The minimum absolute atomic E-state index is 0.302. The number of hydrogen-bond acceptors (Lipinski definition) is 2. The number of benzene rings is 2. The Hall–Kier alpha value is -2.79. The molecule has 0 radical (unpaired) electrons. The van der Waals surface area contributed by atoms with Gasteiger partial charge < -0.3 is 15.4 Å². The molecule has 1 heterocycles. The molecule has 5 nitrogen and oxygen atoms in total. The molecule has 2 aromatic carbocycles. The summed E-state index contributed by atoms with van der Waals surface area (Å²) in [4.78, 5) is 27.4. The van der Waals surface area contributed by atoms with Crippen LogP contribution in [0.5, 0.6) is 0 Å². The summed E-state index contributed by atoms with van der Waals surface area (Å²) in [7, 11) is 0. The van der Waals surface area contributed by atoms with Gasteiger partial charge >= 0.3 is 5.97 Å². The maximum absolute atomic E-state index is 12.6. The normalized spacial score (nSPS) is 13.3. The summed E-state index contributed by atoms with van der Waals surface area (Å²) in [5, 5.41) is 13.7. The van der Waals surface area contributed by atoms with E-state index in [1.54, 1.807) is 24.3 Å². The van der Waals surface area contributed by atoms with Crippen LogP contribution in [0.25, 0.3) is 10.9 Å². The highest BCUT2D eigenvalue weighted by atomic mass is 35.5. The van der Waals surface area contributed by atoms with Gasteiger partial charge in [0, 0.05) is 21.8 Å². The molecule has 2 atom stereocenters. The average molecular weight is 371 g/mol. The fourth-order valence-electron chi connectivity index (χ4n) is 3.14. The number of aliphatic carboxylic acids is 1. The monoisotopic (exact) mass is 370 g/mol. The first-order valence-corrected chi connectivity index (χ1v) is 8.74. The summed E-state index contributed by atoms with van der Waals surface area (Å²) < 4.78 is 0. The molecular weight excluding hydrogens is 352 g/mol. The predicted octanol–water partition coefficient (Wildman–Crippen LogP) is 4.20. The third-order valence-corrected chi connectivity index (χ3v) is 4.69. The number of aromatic amines is 1. The van der Waals surface area contributed by atoms with Crippen molar-refractivity contribution in [2.45, 2.75) is 25.3 Å². The zero-order chi connectivity index (χ0) is 18.7. The standard InChI is InChI=1S/C20H19ClN2O3/c1-2-15(12-6-4-3-5-7-12)18(20(25)26)23-19(24)17-11-13-10-14(21)8-9-16(13)22-17/h3-11,15,18,22H,2H2,1H3,(H,23,24)(H,25,26). The summed E-state index contributed by atoms with van der Waals surface area (Å²) >= 11 is 5.97. The Morgan fingerprint density at radius 3 is 2.54 bits per heavy atom. The average Bonchev–Trinajstić information content (AvgIpc) is 3.05. The molecule has 3 rings (SSSR count). The van der Waals surface area contributed by atoms with Crippen LogP contribution < -0.4 is 5.32 Å². The molecule has 2 unspecified atom stereocenters. The van der Waals surface area contributed by atoms with Crippen molar-refractivity contribution in [3.05, 3.63) is 70.9 Å². The van der Waals surface area contributed by atoms with Crippen LogP contribution in [0.2, 0.25) is 5.02 Å². The highest BCUT2D eigenvalue weighted by Crippen LogP contribution is 2.25. The third kappa shape index (κ3) is 3.73. The Kier molecular flexibility index (Phi) is 5.28. The van der Waals surface area contributed by atoms with E-state index in [-0.39, 0.29) is 5.92 Å². The number of halogens is 1. The summed E-state index contributed by atoms with van der Waals surface area (Å²) in [5.74, 6) is -1.84. The Balaban J connectivity index is 1.86. The minimum Gasteiger partial charge on any atom is -0.480 e. The molecule has 3 aromatic rings. The van der Waals surface area contributed by atoms with Crippen LogP contribution in [0, 0.1) is 0 Å². The molecule has 0 fully saturated rings. The number of carboxylic acids is 1. The van der Waals surface area contributed by atoms with Crippen molar-refractivity contribution < 1.29 is 14.7 Å². The van der Waals surface area contributed by atoms with E-state index < -0.39 is 17.9 Å². The zero-order valence-electron chi connectivity index (χ0n) is 14.2. The second kappa shape index (κ2) is 7.62. The van der Waals surface area contributed by atoms with Crippen molar-refractivity contribution in [1.82, 2.24) is 10.3 Å². The lowest BCUT2D eigenvalue weighted by atomic mass is 9.89. The SMILES string of the molecule is CCC(c1ccccc1)C(NC(=O)c1cc2cc(Cl)ccc2[nH]1)C(=O)O. The number of amides is 1. The number of hydrogen-bond donors (Lipinski definition) is 3. The van der Waals surface area contributed by atoms with E-state index in [9.17, 15) is 14.7 Å². The summed E-state index contributed by atoms with van der Waals surface area (Å²) in [6, 6.07) is 15.2. The number of carbonyl (C=O) groups is 2. The van der Waals surface area contributed by atoms with Crippen LogP contribution in [0.4, 0.5) is 0 Å². The molecule has 6 heteroatoms. The molecular formula is C20H19ClN2O3. The van der Waals surface area contributed by atoms with Crippen molar-refractivity contribution >= 4 is 34.4 Å². The van der Waals surface area contributed by atoms with E-state index in [0.29, 0.717) is 17.1 Å².